The Hall–Kier alpha value is -1.71. The quantitative estimate of drug-likeness (QED) is 0.475. The zero-order valence-corrected chi connectivity index (χ0v) is 5.73. The van der Waals surface area contributed by atoms with Gasteiger partial charge in [0.2, 0.25) is 0 Å². The minimum absolute atomic E-state index is 0.0116. The molecule has 56 valence electrons. The minimum Gasteiger partial charge on any atom is -0.258 e. The molecule has 0 fully saturated rings. The monoisotopic (exact) mass is 150 g/mol. The highest BCUT2D eigenvalue weighted by molar-refractivity contribution is 5.57. The Morgan fingerprint density at radius 3 is 2.91 bits per heavy atom. The molecule has 0 N–H and O–H groups in total. The molecule has 0 saturated heterocycles. The van der Waals surface area contributed by atoms with E-state index in [4.69, 9.17) is 0 Å². The second-order valence-corrected chi connectivity index (χ2v) is 1.90. The summed E-state index contributed by atoms with van der Waals surface area (Å²) in [5, 5.41) is 10.3. The largest absolute Gasteiger partial charge is 0.294 e. The van der Waals surface area contributed by atoms with E-state index in [0.29, 0.717) is 5.56 Å². The molecule has 1 rings (SSSR count). The smallest absolute Gasteiger partial charge is 0.258 e. The van der Waals surface area contributed by atoms with Gasteiger partial charge >= 0.3 is 0 Å². The second-order valence-electron chi connectivity index (χ2n) is 1.90. The lowest BCUT2D eigenvalue weighted by atomic mass is 10.2. The van der Waals surface area contributed by atoms with Crippen LogP contribution in [-0.2, 0) is 0 Å². The number of rotatable bonds is 2. The summed E-state index contributed by atoms with van der Waals surface area (Å²) in [7, 11) is 0. The molecule has 0 aliphatic rings. The topological polar surface area (TPSA) is 56.0 Å². The van der Waals surface area contributed by atoms with Crippen LogP contribution in [0, 0.1) is 10.1 Å². The molecule has 11 heavy (non-hydrogen) atoms. The molecule has 1 aromatic rings. The van der Waals surface area contributed by atoms with E-state index < -0.39 is 4.92 Å². The molecule has 4 heteroatoms. The van der Waals surface area contributed by atoms with Gasteiger partial charge in [0.25, 0.3) is 5.69 Å². The molecule has 1 heterocycles. The zero-order chi connectivity index (χ0) is 8.27. The lowest BCUT2D eigenvalue weighted by Gasteiger charge is -1.93. The van der Waals surface area contributed by atoms with Gasteiger partial charge in [-0.1, -0.05) is 12.7 Å². The van der Waals surface area contributed by atoms with E-state index in [2.05, 4.69) is 11.6 Å². The molecule has 0 aromatic carbocycles. The molecule has 0 spiro atoms. The summed E-state index contributed by atoms with van der Waals surface area (Å²) in [6, 6.07) is 1.55. The van der Waals surface area contributed by atoms with Crippen LogP contribution in [0.4, 0.5) is 5.69 Å². The van der Waals surface area contributed by atoms with Crippen LogP contribution in [0.2, 0.25) is 0 Å². The maximum Gasteiger partial charge on any atom is 0.294 e. The van der Waals surface area contributed by atoms with Gasteiger partial charge in [-0.25, -0.2) is 0 Å². The highest BCUT2D eigenvalue weighted by Gasteiger charge is 2.08. The number of nitrogens with zero attached hydrogens (tertiary/aromatic N) is 2. The zero-order valence-electron chi connectivity index (χ0n) is 5.73. The highest BCUT2D eigenvalue weighted by Crippen LogP contribution is 2.16. The normalized spacial score (nSPS) is 9.09. The first-order valence-electron chi connectivity index (χ1n) is 2.96. The summed E-state index contributed by atoms with van der Waals surface area (Å²) in [5.74, 6) is 0. The molecule has 0 aliphatic heterocycles. The van der Waals surface area contributed by atoms with Gasteiger partial charge in [-0.2, -0.15) is 0 Å². The Morgan fingerprint density at radius 1 is 1.73 bits per heavy atom. The third-order valence-corrected chi connectivity index (χ3v) is 1.25. The van der Waals surface area contributed by atoms with Crippen LogP contribution in [0.5, 0.6) is 0 Å². The third kappa shape index (κ3) is 1.40. The van der Waals surface area contributed by atoms with Gasteiger partial charge in [-0.05, 0) is 6.07 Å². The molecule has 0 bridgehead atoms. The van der Waals surface area contributed by atoms with Crippen molar-refractivity contribution in [2.75, 3.05) is 0 Å². The first-order chi connectivity index (χ1) is 5.25. The highest BCUT2D eigenvalue weighted by atomic mass is 16.6. The predicted molar refractivity (Wildman–Crippen MR) is 41.0 cm³/mol. The van der Waals surface area contributed by atoms with Crippen LogP contribution in [0.15, 0.2) is 25.0 Å². The maximum absolute atomic E-state index is 10.3. The Labute approximate surface area is 63.3 Å². The van der Waals surface area contributed by atoms with Crippen molar-refractivity contribution < 1.29 is 4.92 Å². The molecule has 0 saturated carbocycles. The average Bonchev–Trinajstić information content (AvgIpc) is 2.04. The van der Waals surface area contributed by atoms with Crippen LogP contribution < -0.4 is 0 Å². The van der Waals surface area contributed by atoms with Crippen molar-refractivity contribution in [1.29, 1.82) is 0 Å². The van der Waals surface area contributed by atoms with E-state index in [-0.39, 0.29) is 5.69 Å². The summed E-state index contributed by atoms with van der Waals surface area (Å²) >= 11 is 0. The van der Waals surface area contributed by atoms with E-state index in [9.17, 15) is 10.1 Å². The number of hydrogen-bond donors (Lipinski definition) is 0. The van der Waals surface area contributed by atoms with Crippen molar-refractivity contribution in [3.05, 3.63) is 40.7 Å². The van der Waals surface area contributed by atoms with Gasteiger partial charge < -0.3 is 0 Å². The number of pyridine rings is 1. The van der Waals surface area contributed by atoms with Gasteiger partial charge in [0, 0.05) is 6.20 Å². The van der Waals surface area contributed by atoms with Gasteiger partial charge in [-0.15, -0.1) is 0 Å². The summed E-state index contributed by atoms with van der Waals surface area (Å²) in [6.07, 6.45) is 4.13. The fraction of sp³-hybridized carbons (Fsp3) is 0. The van der Waals surface area contributed by atoms with Gasteiger partial charge in [0.1, 0.15) is 6.20 Å². The Kier molecular flexibility index (Phi) is 1.96. The maximum atomic E-state index is 10.3. The molecule has 4 nitrogen and oxygen atoms in total. The standard InChI is InChI=1S/C7H6N2O2/c1-2-6-3-4-8-5-7(6)9(10)11/h2-5H,1H2. The predicted octanol–water partition coefficient (Wildman–Crippen LogP) is 1.63. The van der Waals surface area contributed by atoms with Crippen LogP contribution in [0.3, 0.4) is 0 Å². The molecule has 0 unspecified atom stereocenters. The minimum atomic E-state index is -0.482. The third-order valence-electron chi connectivity index (χ3n) is 1.25. The lowest BCUT2D eigenvalue weighted by molar-refractivity contribution is -0.385. The van der Waals surface area contributed by atoms with E-state index in [0.717, 1.165) is 0 Å². The van der Waals surface area contributed by atoms with Crippen molar-refractivity contribution >= 4 is 11.8 Å². The van der Waals surface area contributed by atoms with Gasteiger partial charge in [0.05, 0.1) is 10.5 Å². The van der Waals surface area contributed by atoms with Crippen molar-refractivity contribution in [2.45, 2.75) is 0 Å². The van der Waals surface area contributed by atoms with Gasteiger partial charge in [-0.3, -0.25) is 15.1 Å². The van der Waals surface area contributed by atoms with Crippen LogP contribution in [0.1, 0.15) is 5.56 Å². The fourth-order valence-corrected chi connectivity index (χ4v) is 0.722. The van der Waals surface area contributed by atoms with E-state index in [1.165, 1.54) is 18.5 Å². The van der Waals surface area contributed by atoms with Gasteiger partial charge in [0.15, 0.2) is 0 Å². The molecular formula is C7H6N2O2. The second kappa shape index (κ2) is 2.92. The van der Waals surface area contributed by atoms with E-state index >= 15 is 0 Å². The van der Waals surface area contributed by atoms with Crippen LogP contribution in [0.25, 0.3) is 6.08 Å². The Bertz CT molecular complexity index is 296. The molecular weight excluding hydrogens is 144 g/mol. The van der Waals surface area contributed by atoms with E-state index in [1.54, 1.807) is 6.07 Å². The summed E-state index contributed by atoms with van der Waals surface area (Å²) < 4.78 is 0. The summed E-state index contributed by atoms with van der Waals surface area (Å²) in [6.45, 7) is 3.44. The molecule has 0 amide bonds. The number of aromatic nitrogens is 1. The SMILES string of the molecule is C=Cc1ccncc1[N+](=O)[O-]. The van der Waals surface area contributed by atoms with Crippen LogP contribution in [-0.4, -0.2) is 9.91 Å². The Morgan fingerprint density at radius 2 is 2.45 bits per heavy atom. The lowest BCUT2D eigenvalue weighted by Crippen LogP contribution is -1.91. The summed E-state index contributed by atoms with van der Waals surface area (Å²) in [4.78, 5) is 13.4. The molecule has 1 aromatic heterocycles. The van der Waals surface area contributed by atoms with Crippen molar-refractivity contribution in [3.63, 3.8) is 0 Å². The Balaban J connectivity index is 3.22. The van der Waals surface area contributed by atoms with Crippen molar-refractivity contribution in [3.8, 4) is 0 Å². The molecule has 0 aliphatic carbocycles. The van der Waals surface area contributed by atoms with E-state index in [1.807, 2.05) is 0 Å². The fourth-order valence-electron chi connectivity index (χ4n) is 0.722. The number of nitro groups is 1. The summed E-state index contributed by atoms with van der Waals surface area (Å²) in [5.41, 5.74) is 0.479. The number of hydrogen-bond acceptors (Lipinski definition) is 3. The first-order valence-corrected chi connectivity index (χ1v) is 2.96. The van der Waals surface area contributed by atoms with Crippen LogP contribution >= 0.6 is 0 Å². The molecule has 0 atom stereocenters. The first kappa shape index (κ1) is 7.40. The molecule has 0 radical (unpaired) electrons. The van der Waals surface area contributed by atoms with Crippen molar-refractivity contribution in [2.24, 2.45) is 0 Å². The van der Waals surface area contributed by atoms with Crippen molar-refractivity contribution in [1.82, 2.24) is 4.98 Å². The average molecular weight is 150 g/mol.